The van der Waals surface area contributed by atoms with Gasteiger partial charge in [-0.25, -0.2) is 9.97 Å². The molecule has 142 valence electrons. The molecule has 9 heteroatoms. The standard InChI is InChI=1S/C19H17N5O4/c20-19-17-18(15-3-1-2-4-16(15)22-19)23(11-21-17)12-27-9-10-28-14-7-5-13(6-8-14)24(25)26/h1-8,11H,9-10,12H2,(H2,20,22). The number of nitrogens with two attached hydrogens (primary N) is 1. The summed E-state index contributed by atoms with van der Waals surface area (Å²) in [7, 11) is 0. The van der Waals surface area contributed by atoms with Gasteiger partial charge in [0, 0.05) is 17.5 Å². The molecular weight excluding hydrogens is 362 g/mol. The van der Waals surface area contributed by atoms with Crippen molar-refractivity contribution in [3.05, 3.63) is 65.0 Å². The maximum atomic E-state index is 10.6. The summed E-state index contributed by atoms with van der Waals surface area (Å²) in [5.41, 5.74) is 8.36. The van der Waals surface area contributed by atoms with Crippen molar-refractivity contribution in [2.45, 2.75) is 6.73 Å². The molecule has 2 aromatic carbocycles. The third-order valence-electron chi connectivity index (χ3n) is 4.25. The maximum Gasteiger partial charge on any atom is 0.269 e. The first-order valence-corrected chi connectivity index (χ1v) is 8.57. The molecule has 9 nitrogen and oxygen atoms in total. The molecule has 28 heavy (non-hydrogen) atoms. The number of pyridine rings is 1. The molecule has 0 aliphatic heterocycles. The van der Waals surface area contributed by atoms with Crippen molar-refractivity contribution in [3.8, 4) is 5.75 Å². The molecule has 2 aromatic heterocycles. The number of nitrogens with zero attached hydrogens (tertiary/aromatic N) is 4. The SMILES string of the molecule is Nc1nc2ccccc2c2c1ncn2COCCOc1ccc([N+](=O)[O-])cc1. The van der Waals surface area contributed by atoms with E-state index in [-0.39, 0.29) is 12.4 Å². The van der Waals surface area contributed by atoms with Crippen molar-refractivity contribution in [2.75, 3.05) is 18.9 Å². The van der Waals surface area contributed by atoms with Crippen LogP contribution in [0.4, 0.5) is 11.5 Å². The molecule has 0 atom stereocenters. The van der Waals surface area contributed by atoms with Gasteiger partial charge in [-0.15, -0.1) is 0 Å². The van der Waals surface area contributed by atoms with Crippen LogP contribution in [0.2, 0.25) is 0 Å². The summed E-state index contributed by atoms with van der Waals surface area (Å²) in [5, 5.41) is 11.6. The summed E-state index contributed by atoms with van der Waals surface area (Å²) in [4.78, 5) is 18.9. The van der Waals surface area contributed by atoms with Gasteiger partial charge in [0.2, 0.25) is 0 Å². The number of anilines is 1. The Labute approximate surface area is 159 Å². The zero-order valence-corrected chi connectivity index (χ0v) is 14.8. The van der Waals surface area contributed by atoms with Gasteiger partial charge in [0.05, 0.1) is 28.9 Å². The lowest BCUT2D eigenvalue weighted by molar-refractivity contribution is -0.384. The van der Waals surface area contributed by atoms with E-state index in [9.17, 15) is 10.1 Å². The Balaban J connectivity index is 1.39. The Morgan fingerprint density at radius 2 is 1.89 bits per heavy atom. The van der Waals surface area contributed by atoms with Crippen LogP contribution in [0.5, 0.6) is 5.75 Å². The average Bonchev–Trinajstić information content (AvgIpc) is 3.13. The minimum absolute atomic E-state index is 0.0246. The zero-order valence-electron chi connectivity index (χ0n) is 14.8. The van der Waals surface area contributed by atoms with E-state index >= 15 is 0 Å². The molecule has 0 saturated carbocycles. The van der Waals surface area contributed by atoms with E-state index in [0.717, 1.165) is 16.4 Å². The van der Waals surface area contributed by atoms with Crippen LogP contribution >= 0.6 is 0 Å². The Kier molecular flexibility index (Phi) is 4.73. The van der Waals surface area contributed by atoms with Crippen LogP contribution in [0.3, 0.4) is 0 Å². The third kappa shape index (κ3) is 3.42. The molecule has 0 aliphatic rings. The second-order valence-electron chi connectivity index (χ2n) is 6.06. The predicted octanol–water partition coefficient (Wildman–Crippen LogP) is 3.13. The van der Waals surface area contributed by atoms with Crippen LogP contribution in [-0.2, 0) is 11.5 Å². The number of para-hydroxylation sites is 1. The summed E-state index contributed by atoms with van der Waals surface area (Å²) in [6, 6.07) is 13.6. The van der Waals surface area contributed by atoms with Crippen LogP contribution < -0.4 is 10.5 Å². The van der Waals surface area contributed by atoms with Crippen molar-refractivity contribution >= 4 is 33.4 Å². The Bertz CT molecular complexity index is 1140. The fourth-order valence-electron chi connectivity index (χ4n) is 2.95. The second kappa shape index (κ2) is 7.49. The number of non-ortho nitro benzene ring substituents is 1. The lowest BCUT2D eigenvalue weighted by atomic mass is 10.2. The quantitative estimate of drug-likeness (QED) is 0.298. The number of rotatable bonds is 7. The van der Waals surface area contributed by atoms with Crippen LogP contribution in [0, 0.1) is 10.1 Å². The number of fused-ring (bicyclic) bond motifs is 3. The summed E-state index contributed by atoms with van der Waals surface area (Å²) < 4.78 is 13.1. The molecule has 0 amide bonds. The highest BCUT2D eigenvalue weighted by Gasteiger charge is 2.12. The molecule has 0 radical (unpaired) electrons. The average molecular weight is 379 g/mol. The molecule has 0 saturated heterocycles. The van der Waals surface area contributed by atoms with Crippen molar-refractivity contribution in [3.63, 3.8) is 0 Å². The number of hydrogen-bond acceptors (Lipinski definition) is 7. The van der Waals surface area contributed by atoms with E-state index < -0.39 is 4.92 Å². The molecule has 0 unspecified atom stereocenters. The summed E-state index contributed by atoms with van der Waals surface area (Å²) in [6.45, 7) is 0.942. The highest BCUT2D eigenvalue weighted by atomic mass is 16.6. The Hall–Kier alpha value is -3.72. The monoisotopic (exact) mass is 379 g/mol. The van der Waals surface area contributed by atoms with Gasteiger partial charge < -0.3 is 19.8 Å². The van der Waals surface area contributed by atoms with Gasteiger partial charge in [-0.1, -0.05) is 18.2 Å². The summed E-state index contributed by atoms with van der Waals surface area (Å²) in [6.07, 6.45) is 1.67. The van der Waals surface area contributed by atoms with E-state index in [2.05, 4.69) is 9.97 Å². The van der Waals surface area contributed by atoms with Gasteiger partial charge in [-0.05, 0) is 18.2 Å². The number of imidazole rings is 1. The van der Waals surface area contributed by atoms with E-state index in [1.807, 2.05) is 28.8 Å². The lowest BCUT2D eigenvalue weighted by Gasteiger charge is -2.09. The molecule has 0 aliphatic carbocycles. The number of hydrogen-bond donors (Lipinski definition) is 1. The van der Waals surface area contributed by atoms with Gasteiger partial charge >= 0.3 is 0 Å². The number of benzene rings is 2. The smallest absolute Gasteiger partial charge is 0.269 e. The molecule has 0 spiro atoms. The van der Waals surface area contributed by atoms with Crippen LogP contribution in [0.1, 0.15) is 0 Å². The molecule has 4 rings (SSSR count). The fourth-order valence-corrected chi connectivity index (χ4v) is 2.95. The molecule has 0 fully saturated rings. The van der Waals surface area contributed by atoms with E-state index in [0.29, 0.717) is 30.3 Å². The minimum Gasteiger partial charge on any atom is -0.491 e. The van der Waals surface area contributed by atoms with E-state index in [1.54, 1.807) is 18.5 Å². The zero-order chi connectivity index (χ0) is 19.5. The molecule has 2 N–H and O–H groups in total. The van der Waals surface area contributed by atoms with E-state index in [4.69, 9.17) is 15.2 Å². The van der Waals surface area contributed by atoms with Crippen molar-refractivity contribution in [1.29, 1.82) is 0 Å². The summed E-state index contributed by atoms with van der Waals surface area (Å²) >= 11 is 0. The van der Waals surface area contributed by atoms with Gasteiger partial charge in [0.15, 0.2) is 5.82 Å². The Morgan fingerprint density at radius 3 is 2.68 bits per heavy atom. The van der Waals surface area contributed by atoms with Gasteiger partial charge in [0.25, 0.3) is 5.69 Å². The van der Waals surface area contributed by atoms with Crippen LogP contribution in [-0.4, -0.2) is 32.7 Å². The lowest BCUT2D eigenvalue weighted by Crippen LogP contribution is -2.09. The third-order valence-corrected chi connectivity index (χ3v) is 4.25. The number of aromatic nitrogens is 3. The molecule has 2 heterocycles. The first-order valence-electron chi connectivity index (χ1n) is 8.57. The maximum absolute atomic E-state index is 10.6. The highest BCUT2D eigenvalue weighted by Crippen LogP contribution is 2.26. The minimum atomic E-state index is -0.450. The van der Waals surface area contributed by atoms with Crippen molar-refractivity contribution < 1.29 is 14.4 Å². The first kappa shape index (κ1) is 17.7. The highest BCUT2D eigenvalue weighted by molar-refractivity contribution is 6.06. The largest absolute Gasteiger partial charge is 0.491 e. The van der Waals surface area contributed by atoms with Crippen molar-refractivity contribution in [1.82, 2.24) is 14.5 Å². The fraction of sp³-hybridized carbons (Fsp3) is 0.158. The molecule has 0 bridgehead atoms. The molecule has 4 aromatic rings. The van der Waals surface area contributed by atoms with Crippen LogP contribution in [0.15, 0.2) is 54.9 Å². The van der Waals surface area contributed by atoms with E-state index in [1.165, 1.54) is 12.1 Å². The predicted molar refractivity (Wildman–Crippen MR) is 104 cm³/mol. The number of ether oxygens (including phenoxy) is 2. The number of nitro groups is 1. The molecular formula is C19H17N5O4. The normalized spacial score (nSPS) is 11.1. The second-order valence-corrected chi connectivity index (χ2v) is 6.06. The topological polar surface area (TPSA) is 118 Å². The van der Waals surface area contributed by atoms with Gasteiger partial charge in [-0.2, -0.15) is 0 Å². The summed E-state index contributed by atoms with van der Waals surface area (Å²) in [5.74, 6) is 0.932. The van der Waals surface area contributed by atoms with Crippen molar-refractivity contribution in [2.24, 2.45) is 0 Å². The van der Waals surface area contributed by atoms with Crippen LogP contribution in [0.25, 0.3) is 21.9 Å². The van der Waals surface area contributed by atoms with Gasteiger partial charge in [0.1, 0.15) is 24.6 Å². The number of nitrogen functional groups attached to an aromatic ring is 1. The number of nitro benzene ring substituents is 1. The van der Waals surface area contributed by atoms with Gasteiger partial charge in [-0.3, -0.25) is 10.1 Å². The first-order chi connectivity index (χ1) is 13.6. The Morgan fingerprint density at radius 1 is 1.11 bits per heavy atom.